The molecule has 1 aliphatic carbocycles. The summed E-state index contributed by atoms with van der Waals surface area (Å²) >= 11 is 0. The molecule has 0 radical (unpaired) electrons. The van der Waals surface area contributed by atoms with Crippen molar-refractivity contribution in [3.05, 3.63) is 0 Å². The van der Waals surface area contributed by atoms with Gasteiger partial charge in [0.2, 0.25) is 0 Å². The van der Waals surface area contributed by atoms with Crippen molar-refractivity contribution < 1.29 is 0 Å². The van der Waals surface area contributed by atoms with Crippen molar-refractivity contribution in [1.29, 1.82) is 0 Å². The van der Waals surface area contributed by atoms with Crippen molar-refractivity contribution in [3.63, 3.8) is 0 Å². The van der Waals surface area contributed by atoms with Crippen LogP contribution in [0.25, 0.3) is 0 Å². The standard InChI is InChI=1S/C14H29N3/c1-3-17(13-6-4-12(15)5-7-13)14-8-10-16(2)11-9-14/h12-14H,3-11,15H2,1-2H3. The van der Waals surface area contributed by atoms with Crippen molar-refractivity contribution in [2.24, 2.45) is 5.73 Å². The molecule has 0 atom stereocenters. The molecule has 1 saturated carbocycles. The molecule has 2 aliphatic rings. The van der Waals surface area contributed by atoms with Gasteiger partial charge < -0.3 is 10.6 Å². The molecule has 2 rings (SSSR count). The molecule has 0 bridgehead atoms. The molecular weight excluding hydrogens is 210 g/mol. The van der Waals surface area contributed by atoms with Crippen LogP contribution in [0.1, 0.15) is 45.4 Å². The van der Waals surface area contributed by atoms with Crippen LogP contribution in [-0.2, 0) is 0 Å². The minimum atomic E-state index is 0.474. The first-order valence-electron chi connectivity index (χ1n) is 7.40. The summed E-state index contributed by atoms with van der Waals surface area (Å²) in [6.45, 7) is 6.09. The van der Waals surface area contributed by atoms with Gasteiger partial charge in [-0.25, -0.2) is 0 Å². The second-order valence-corrected chi connectivity index (χ2v) is 5.93. The largest absolute Gasteiger partial charge is 0.328 e. The maximum atomic E-state index is 6.01. The number of nitrogens with two attached hydrogens (primary N) is 1. The molecule has 0 spiro atoms. The van der Waals surface area contributed by atoms with E-state index in [-0.39, 0.29) is 0 Å². The number of piperidine rings is 1. The van der Waals surface area contributed by atoms with Gasteiger partial charge in [-0.1, -0.05) is 6.92 Å². The molecule has 0 amide bonds. The summed E-state index contributed by atoms with van der Waals surface area (Å²) in [7, 11) is 2.24. The molecule has 0 aromatic rings. The highest BCUT2D eigenvalue weighted by molar-refractivity contribution is 4.86. The number of rotatable bonds is 3. The molecular formula is C14H29N3. The van der Waals surface area contributed by atoms with Gasteiger partial charge in [-0.15, -0.1) is 0 Å². The summed E-state index contributed by atoms with van der Waals surface area (Å²) < 4.78 is 0. The fourth-order valence-electron chi connectivity index (χ4n) is 3.57. The lowest BCUT2D eigenvalue weighted by Gasteiger charge is -2.43. The summed E-state index contributed by atoms with van der Waals surface area (Å²) in [4.78, 5) is 5.24. The Morgan fingerprint density at radius 3 is 2.06 bits per heavy atom. The predicted octanol–water partition coefficient (Wildman–Crippen LogP) is 1.67. The predicted molar refractivity (Wildman–Crippen MR) is 73.1 cm³/mol. The lowest BCUT2D eigenvalue weighted by atomic mass is 9.89. The molecule has 3 nitrogen and oxygen atoms in total. The average molecular weight is 239 g/mol. The fraction of sp³-hybridized carbons (Fsp3) is 1.00. The zero-order chi connectivity index (χ0) is 12.3. The van der Waals surface area contributed by atoms with Gasteiger partial charge in [0.05, 0.1) is 0 Å². The first kappa shape index (κ1) is 13.3. The normalized spacial score (nSPS) is 33.2. The highest BCUT2D eigenvalue weighted by Crippen LogP contribution is 2.26. The highest BCUT2D eigenvalue weighted by atomic mass is 15.2. The fourth-order valence-corrected chi connectivity index (χ4v) is 3.57. The van der Waals surface area contributed by atoms with Gasteiger partial charge in [0.25, 0.3) is 0 Å². The third kappa shape index (κ3) is 3.43. The molecule has 0 unspecified atom stereocenters. The Kier molecular flexibility index (Phi) is 4.83. The minimum absolute atomic E-state index is 0.474. The molecule has 0 aromatic carbocycles. The number of nitrogens with zero attached hydrogens (tertiary/aromatic N) is 2. The van der Waals surface area contributed by atoms with E-state index in [0.717, 1.165) is 12.1 Å². The number of hydrogen-bond donors (Lipinski definition) is 1. The SMILES string of the molecule is CCN(C1CCC(N)CC1)C1CCN(C)CC1. The van der Waals surface area contributed by atoms with Crippen LogP contribution in [0.2, 0.25) is 0 Å². The molecule has 1 heterocycles. The van der Waals surface area contributed by atoms with Crippen LogP contribution in [0.4, 0.5) is 0 Å². The van der Waals surface area contributed by atoms with Crippen molar-refractivity contribution in [1.82, 2.24) is 9.80 Å². The maximum absolute atomic E-state index is 6.01. The van der Waals surface area contributed by atoms with Crippen LogP contribution in [0.5, 0.6) is 0 Å². The van der Waals surface area contributed by atoms with Gasteiger partial charge in [-0.2, -0.15) is 0 Å². The molecule has 3 heteroatoms. The summed E-state index contributed by atoms with van der Waals surface area (Å²) in [5.41, 5.74) is 6.01. The van der Waals surface area contributed by atoms with Crippen LogP contribution in [0.15, 0.2) is 0 Å². The Morgan fingerprint density at radius 2 is 1.53 bits per heavy atom. The Labute approximate surface area is 106 Å². The average Bonchev–Trinajstić information content (AvgIpc) is 2.35. The van der Waals surface area contributed by atoms with E-state index in [1.54, 1.807) is 0 Å². The van der Waals surface area contributed by atoms with Crippen molar-refractivity contribution >= 4 is 0 Å². The van der Waals surface area contributed by atoms with Crippen molar-refractivity contribution in [3.8, 4) is 0 Å². The van der Waals surface area contributed by atoms with Crippen LogP contribution in [0.3, 0.4) is 0 Å². The van der Waals surface area contributed by atoms with Crippen LogP contribution < -0.4 is 5.73 Å². The Balaban J connectivity index is 1.87. The maximum Gasteiger partial charge on any atom is 0.0122 e. The van der Waals surface area contributed by atoms with Gasteiger partial charge in [-0.05, 0) is 65.2 Å². The van der Waals surface area contributed by atoms with Crippen LogP contribution in [-0.4, -0.2) is 54.6 Å². The molecule has 0 aromatic heterocycles. The quantitative estimate of drug-likeness (QED) is 0.813. The van der Waals surface area contributed by atoms with Crippen LogP contribution >= 0.6 is 0 Å². The van der Waals surface area contributed by atoms with Crippen molar-refractivity contribution in [2.75, 3.05) is 26.7 Å². The zero-order valence-electron chi connectivity index (χ0n) is 11.6. The molecule has 17 heavy (non-hydrogen) atoms. The van der Waals surface area contributed by atoms with Gasteiger partial charge >= 0.3 is 0 Å². The van der Waals surface area contributed by atoms with E-state index >= 15 is 0 Å². The van der Waals surface area contributed by atoms with Gasteiger partial charge in [-0.3, -0.25) is 4.90 Å². The molecule has 1 aliphatic heterocycles. The second-order valence-electron chi connectivity index (χ2n) is 5.93. The zero-order valence-corrected chi connectivity index (χ0v) is 11.6. The molecule has 2 N–H and O–H groups in total. The van der Waals surface area contributed by atoms with E-state index in [0.29, 0.717) is 6.04 Å². The molecule has 1 saturated heterocycles. The van der Waals surface area contributed by atoms with E-state index in [1.807, 2.05) is 0 Å². The van der Waals surface area contributed by atoms with Crippen LogP contribution in [0, 0.1) is 0 Å². The van der Waals surface area contributed by atoms with Gasteiger partial charge in [0.1, 0.15) is 0 Å². The van der Waals surface area contributed by atoms with E-state index < -0.39 is 0 Å². The lowest BCUT2D eigenvalue weighted by molar-refractivity contribution is 0.0659. The molecule has 100 valence electrons. The lowest BCUT2D eigenvalue weighted by Crippen LogP contribution is -2.50. The Hall–Kier alpha value is -0.120. The van der Waals surface area contributed by atoms with Gasteiger partial charge in [0.15, 0.2) is 0 Å². The van der Waals surface area contributed by atoms with E-state index in [9.17, 15) is 0 Å². The summed E-state index contributed by atoms with van der Waals surface area (Å²) in [6.07, 6.45) is 7.81. The summed E-state index contributed by atoms with van der Waals surface area (Å²) in [5.74, 6) is 0. The van der Waals surface area contributed by atoms with E-state index in [2.05, 4.69) is 23.8 Å². The molecule has 2 fully saturated rings. The first-order chi connectivity index (χ1) is 8.20. The van der Waals surface area contributed by atoms with E-state index in [1.165, 1.54) is 58.2 Å². The summed E-state index contributed by atoms with van der Waals surface area (Å²) in [6, 6.07) is 2.12. The first-order valence-corrected chi connectivity index (χ1v) is 7.40. The minimum Gasteiger partial charge on any atom is -0.328 e. The van der Waals surface area contributed by atoms with Crippen molar-refractivity contribution in [2.45, 2.75) is 63.6 Å². The monoisotopic (exact) mass is 239 g/mol. The Morgan fingerprint density at radius 1 is 1.00 bits per heavy atom. The second kappa shape index (κ2) is 6.17. The third-order valence-corrected chi connectivity index (χ3v) is 4.73. The highest BCUT2D eigenvalue weighted by Gasteiger charge is 2.29. The number of hydrogen-bond acceptors (Lipinski definition) is 3. The summed E-state index contributed by atoms with van der Waals surface area (Å²) in [5, 5.41) is 0. The number of likely N-dealkylation sites (tertiary alicyclic amines) is 1. The smallest absolute Gasteiger partial charge is 0.0122 e. The third-order valence-electron chi connectivity index (χ3n) is 4.73. The van der Waals surface area contributed by atoms with Gasteiger partial charge in [0, 0.05) is 18.1 Å². The topological polar surface area (TPSA) is 32.5 Å². The Bertz CT molecular complexity index is 194. The van der Waals surface area contributed by atoms with E-state index in [4.69, 9.17) is 5.73 Å².